The molecule has 0 aliphatic heterocycles. The van der Waals surface area contributed by atoms with Crippen LogP contribution in [-0.4, -0.2) is 11.1 Å². The fourth-order valence-corrected chi connectivity index (χ4v) is 1.85. The molecule has 1 rings (SSSR count). The summed E-state index contributed by atoms with van der Waals surface area (Å²) in [4.78, 5) is 11.0. The second-order valence-corrected chi connectivity index (χ2v) is 3.38. The first-order valence-electron chi connectivity index (χ1n) is 3.82. The van der Waals surface area contributed by atoms with E-state index in [0.29, 0.717) is 11.3 Å². The van der Waals surface area contributed by atoms with Crippen molar-refractivity contribution in [1.29, 1.82) is 0 Å². The van der Waals surface area contributed by atoms with Gasteiger partial charge in [-0.15, -0.1) is 11.3 Å². The van der Waals surface area contributed by atoms with Crippen LogP contribution in [0.1, 0.15) is 18.2 Å². The number of carboxylic acids is 1. The predicted octanol–water partition coefficient (Wildman–Crippen LogP) is 2.92. The Kier molecular flexibility index (Phi) is 3.19. The Bertz CT molecular complexity index is 327. The van der Waals surface area contributed by atoms with Crippen LogP contribution in [0, 0.1) is 0 Å². The standard InChI is InChI=1S/C9H9FO2S/c1-2-6(8(10)9(11)12)7-4-3-5-13-7/h3-5H,2H2,1H3,(H,11,12). The Morgan fingerprint density at radius 2 is 2.38 bits per heavy atom. The minimum Gasteiger partial charge on any atom is -0.476 e. The Balaban J connectivity index is 3.11. The van der Waals surface area contributed by atoms with Gasteiger partial charge in [0.15, 0.2) is 0 Å². The van der Waals surface area contributed by atoms with E-state index in [-0.39, 0.29) is 5.57 Å². The third-order valence-corrected chi connectivity index (χ3v) is 2.55. The van der Waals surface area contributed by atoms with E-state index in [1.54, 1.807) is 24.4 Å². The second-order valence-electron chi connectivity index (χ2n) is 2.43. The van der Waals surface area contributed by atoms with Gasteiger partial charge in [-0.2, -0.15) is 4.39 Å². The number of hydrogen-bond donors (Lipinski definition) is 1. The topological polar surface area (TPSA) is 37.3 Å². The molecule has 0 amide bonds. The van der Waals surface area contributed by atoms with E-state index in [1.165, 1.54) is 11.3 Å². The summed E-state index contributed by atoms with van der Waals surface area (Å²) in [5.41, 5.74) is 0.266. The zero-order chi connectivity index (χ0) is 9.84. The molecule has 4 heteroatoms. The monoisotopic (exact) mass is 200 g/mol. The molecule has 1 N–H and O–H groups in total. The number of aliphatic carboxylic acids is 1. The fourth-order valence-electron chi connectivity index (χ4n) is 1.02. The van der Waals surface area contributed by atoms with Crippen LogP contribution in [0.25, 0.3) is 5.57 Å². The average molecular weight is 200 g/mol. The highest BCUT2D eigenvalue weighted by atomic mass is 32.1. The third kappa shape index (κ3) is 2.15. The van der Waals surface area contributed by atoms with E-state index in [4.69, 9.17) is 5.11 Å². The van der Waals surface area contributed by atoms with Gasteiger partial charge >= 0.3 is 5.97 Å². The van der Waals surface area contributed by atoms with Gasteiger partial charge in [-0.1, -0.05) is 13.0 Å². The first kappa shape index (κ1) is 9.92. The fraction of sp³-hybridized carbons (Fsp3) is 0.222. The highest BCUT2D eigenvalue weighted by Crippen LogP contribution is 2.26. The highest BCUT2D eigenvalue weighted by molar-refractivity contribution is 7.11. The van der Waals surface area contributed by atoms with Crippen LogP contribution < -0.4 is 0 Å². The van der Waals surface area contributed by atoms with Gasteiger partial charge in [-0.25, -0.2) is 4.79 Å². The molecule has 0 radical (unpaired) electrons. The van der Waals surface area contributed by atoms with Crippen molar-refractivity contribution in [3.63, 3.8) is 0 Å². The van der Waals surface area contributed by atoms with Gasteiger partial charge in [-0.05, 0) is 17.9 Å². The summed E-state index contributed by atoms with van der Waals surface area (Å²) in [6.45, 7) is 1.73. The lowest BCUT2D eigenvalue weighted by Gasteiger charge is -2.00. The van der Waals surface area contributed by atoms with Gasteiger partial charge in [0.2, 0.25) is 5.83 Å². The maximum atomic E-state index is 13.0. The second kappa shape index (κ2) is 4.18. The number of rotatable bonds is 3. The van der Waals surface area contributed by atoms with Crippen LogP contribution >= 0.6 is 11.3 Å². The number of thiophene rings is 1. The van der Waals surface area contributed by atoms with Gasteiger partial charge in [0.1, 0.15) is 0 Å². The summed E-state index contributed by atoms with van der Waals surface area (Å²) in [7, 11) is 0. The van der Waals surface area contributed by atoms with Crippen molar-refractivity contribution in [2.45, 2.75) is 13.3 Å². The summed E-state index contributed by atoms with van der Waals surface area (Å²) < 4.78 is 13.0. The summed E-state index contributed by atoms with van der Waals surface area (Å²) in [6.07, 6.45) is 0.388. The Morgan fingerprint density at radius 3 is 2.77 bits per heavy atom. The van der Waals surface area contributed by atoms with E-state index in [0.717, 1.165) is 0 Å². The SMILES string of the molecule is CCC(=C(F)C(=O)O)c1cccs1. The zero-order valence-corrected chi connectivity index (χ0v) is 7.90. The lowest BCUT2D eigenvalue weighted by Crippen LogP contribution is -1.98. The van der Waals surface area contributed by atoms with E-state index in [2.05, 4.69) is 0 Å². The van der Waals surface area contributed by atoms with Crippen LogP contribution in [-0.2, 0) is 4.79 Å². The summed E-state index contributed by atoms with van der Waals surface area (Å²) in [6, 6.07) is 3.48. The summed E-state index contributed by atoms with van der Waals surface area (Å²) in [5, 5.41) is 10.2. The first-order chi connectivity index (χ1) is 6.16. The van der Waals surface area contributed by atoms with Gasteiger partial charge in [0.05, 0.1) is 0 Å². The molecule has 0 aliphatic rings. The molecule has 0 saturated carbocycles. The van der Waals surface area contributed by atoms with Crippen molar-refractivity contribution in [1.82, 2.24) is 0 Å². The zero-order valence-electron chi connectivity index (χ0n) is 7.08. The lowest BCUT2D eigenvalue weighted by molar-refractivity contribution is -0.134. The van der Waals surface area contributed by atoms with E-state index >= 15 is 0 Å². The molecule has 0 atom stereocenters. The molecule has 0 aliphatic carbocycles. The summed E-state index contributed by atoms with van der Waals surface area (Å²) in [5.74, 6) is -2.55. The predicted molar refractivity (Wildman–Crippen MR) is 50.3 cm³/mol. The van der Waals surface area contributed by atoms with Crippen LogP contribution in [0.2, 0.25) is 0 Å². The normalized spacial score (nSPS) is 12.5. The van der Waals surface area contributed by atoms with E-state index in [9.17, 15) is 9.18 Å². The maximum absolute atomic E-state index is 13.0. The van der Waals surface area contributed by atoms with Crippen molar-refractivity contribution >= 4 is 22.9 Å². The minimum atomic E-state index is -1.50. The van der Waals surface area contributed by atoms with Crippen molar-refractivity contribution in [3.8, 4) is 0 Å². The molecular formula is C9H9FO2S. The quantitative estimate of drug-likeness (QED) is 0.762. The van der Waals surface area contributed by atoms with Gasteiger partial charge in [-0.3, -0.25) is 0 Å². The average Bonchev–Trinajstić information content (AvgIpc) is 2.58. The molecule has 0 saturated heterocycles. The molecule has 2 nitrogen and oxygen atoms in total. The number of allylic oxidation sites excluding steroid dienone is 1. The van der Waals surface area contributed by atoms with Crippen LogP contribution in [0.15, 0.2) is 23.3 Å². The Labute approximate surface area is 79.3 Å². The van der Waals surface area contributed by atoms with Gasteiger partial charge in [0.25, 0.3) is 0 Å². The number of halogens is 1. The molecule has 70 valence electrons. The third-order valence-electron chi connectivity index (χ3n) is 1.62. The van der Waals surface area contributed by atoms with Crippen molar-refractivity contribution in [2.24, 2.45) is 0 Å². The molecule has 0 bridgehead atoms. The first-order valence-corrected chi connectivity index (χ1v) is 4.70. The number of carbonyl (C=O) groups is 1. The Hall–Kier alpha value is -1.16. The van der Waals surface area contributed by atoms with Crippen molar-refractivity contribution in [3.05, 3.63) is 28.2 Å². The molecule has 0 aromatic carbocycles. The number of hydrogen-bond acceptors (Lipinski definition) is 2. The summed E-state index contributed by atoms with van der Waals surface area (Å²) >= 11 is 1.34. The molecule has 1 aromatic rings. The molecule has 1 aromatic heterocycles. The van der Waals surface area contributed by atoms with E-state index in [1.807, 2.05) is 0 Å². The number of carboxylic acid groups (broad SMARTS) is 1. The molecule has 1 heterocycles. The minimum absolute atomic E-state index is 0.266. The Morgan fingerprint density at radius 1 is 1.69 bits per heavy atom. The van der Waals surface area contributed by atoms with Gasteiger partial charge in [0, 0.05) is 10.5 Å². The smallest absolute Gasteiger partial charge is 0.365 e. The van der Waals surface area contributed by atoms with Crippen LogP contribution in [0.5, 0.6) is 0 Å². The molecule has 13 heavy (non-hydrogen) atoms. The largest absolute Gasteiger partial charge is 0.476 e. The van der Waals surface area contributed by atoms with Gasteiger partial charge < -0.3 is 5.11 Å². The molecule has 0 fully saturated rings. The molecule has 0 unspecified atom stereocenters. The maximum Gasteiger partial charge on any atom is 0.365 e. The van der Waals surface area contributed by atoms with Crippen LogP contribution in [0.3, 0.4) is 0 Å². The van der Waals surface area contributed by atoms with E-state index < -0.39 is 11.8 Å². The molecule has 0 spiro atoms. The van der Waals surface area contributed by atoms with Crippen LogP contribution in [0.4, 0.5) is 4.39 Å². The van der Waals surface area contributed by atoms with Crippen molar-refractivity contribution < 1.29 is 14.3 Å². The lowest BCUT2D eigenvalue weighted by atomic mass is 10.1. The highest BCUT2D eigenvalue weighted by Gasteiger charge is 2.14. The molecular weight excluding hydrogens is 191 g/mol. The van der Waals surface area contributed by atoms with Crippen molar-refractivity contribution in [2.75, 3.05) is 0 Å².